The molecule has 0 aromatic heterocycles. The summed E-state index contributed by atoms with van der Waals surface area (Å²) in [7, 11) is -0.311. The first kappa shape index (κ1) is 18.1. The van der Waals surface area contributed by atoms with Crippen molar-refractivity contribution in [3.63, 3.8) is 0 Å². The molecule has 1 saturated carbocycles. The Balaban J connectivity index is 1.40. The Hall–Kier alpha value is -0.703. The van der Waals surface area contributed by atoms with Crippen molar-refractivity contribution >= 4 is 8.80 Å². The standard InChI is InChI=1S/C21H32F2Si/c1-2-24-13-11-17(12-14-24)4-3-16-5-7-18(8-6-16)19-9-10-20(22)21(23)15-19/h9-10,15-18,24H,2-8,11-14H2,1H3. The predicted molar refractivity (Wildman–Crippen MR) is 100 cm³/mol. The number of hydrogen-bond acceptors (Lipinski definition) is 0. The molecular weight excluding hydrogens is 318 g/mol. The molecule has 24 heavy (non-hydrogen) atoms. The SMILES string of the molecule is CC[SiH]1CCC(CCC2CCC(c3ccc(F)c(F)c3)CC2)CC1. The largest absolute Gasteiger partial charge is 0.204 e. The van der Waals surface area contributed by atoms with E-state index < -0.39 is 11.6 Å². The summed E-state index contributed by atoms with van der Waals surface area (Å²) in [5.74, 6) is 0.883. The second-order valence-corrected chi connectivity index (χ2v) is 12.0. The lowest BCUT2D eigenvalue weighted by molar-refractivity contribution is 0.280. The zero-order chi connectivity index (χ0) is 16.9. The number of rotatable bonds is 5. The third-order valence-electron chi connectivity index (χ3n) is 6.79. The number of hydrogen-bond donors (Lipinski definition) is 0. The highest BCUT2D eigenvalue weighted by Crippen LogP contribution is 2.39. The predicted octanol–water partition coefficient (Wildman–Crippen LogP) is 6.68. The maximum Gasteiger partial charge on any atom is 0.159 e. The highest BCUT2D eigenvalue weighted by atomic mass is 28.3. The average Bonchev–Trinajstić information content (AvgIpc) is 2.63. The van der Waals surface area contributed by atoms with Gasteiger partial charge in [0.05, 0.1) is 0 Å². The highest BCUT2D eigenvalue weighted by Gasteiger charge is 2.25. The molecule has 1 saturated heterocycles. The fourth-order valence-electron chi connectivity index (χ4n) is 4.95. The van der Waals surface area contributed by atoms with Gasteiger partial charge in [0.2, 0.25) is 0 Å². The minimum absolute atomic E-state index is 0.311. The molecule has 134 valence electrons. The van der Waals surface area contributed by atoms with Crippen molar-refractivity contribution in [3.05, 3.63) is 35.4 Å². The molecular formula is C21H32F2Si. The summed E-state index contributed by atoms with van der Waals surface area (Å²) in [6.07, 6.45) is 10.7. The van der Waals surface area contributed by atoms with Crippen LogP contribution < -0.4 is 0 Å². The molecule has 1 aliphatic carbocycles. The van der Waals surface area contributed by atoms with Gasteiger partial charge in [-0.1, -0.05) is 56.8 Å². The second kappa shape index (κ2) is 8.60. The van der Waals surface area contributed by atoms with Gasteiger partial charge in [0.1, 0.15) is 0 Å². The van der Waals surface area contributed by atoms with E-state index in [1.807, 2.05) is 0 Å². The lowest BCUT2D eigenvalue weighted by Gasteiger charge is -2.31. The van der Waals surface area contributed by atoms with Crippen LogP contribution in [0, 0.1) is 23.5 Å². The van der Waals surface area contributed by atoms with Gasteiger partial charge in [-0.3, -0.25) is 0 Å². The van der Waals surface area contributed by atoms with E-state index >= 15 is 0 Å². The first-order valence-electron chi connectivity index (χ1n) is 10.1. The van der Waals surface area contributed by atoms with E-state index in [1.165, 1.54) is 56.7 Å². The molecule has 0 spiro atoms. The summed E-state index contributed by atoms with van der Waals surface area (Å²) < 4.78 is 26.5. The second-order valence-electron chi connectivity index (χ2n) is 8.26. The van der Waals surface area contributed by atoms with Gasteiger partial charge in [0.25, 0.3) is 0 Å². The van der Waals surface area contributed by atoms with Crippen LogP contribution in [0.5, 0.6) is 0 Å². The maximum absolute atomic E-state index is 13.4. The van der Waals surface area contributed by atoms with Crippen molar-refractivity contribution in [1.29, 1.82) is 0 Å². The summed E-state index contributed by atoms with van der Waals surface area (Å²) in [5, 5.41) is 0. The van der Waals surface area contributed by atoms with E-state index in [1.54, 1.807) is 18.2 Å². The molecule has 2 fully saturated rings. The van der Waals surface area contributed by atoms with Crippen LogP contribution in [0.4, 0.5) is 8.78 Å². The van der Waals surface area contributed by atoms with Crippen molar-refractivity contribution in [2.45, 2.75) is 82.3 Å². The molecule has 0 amide bonds. The first-order chi connectivity index (χ1) is 11.7. The normalized spacial score (nSPS) is 31.1. The fraction of sp³-hybridized carbons (Fsp3) is 0.714. The van der Waals surface area contributed by atoms with Gasteiger partial charge in [-0.2, -0.15) is 0 Å². The highest BCUT2D eigenvalue weighted by molar-refractivity contribution is 6.58. The Kier molecular flexibility index (Phi) is 6.48. The summed E-state index contributed by atoms with van der Waals surface area (Å²) in [4.78, 5) is 0. The van der Waals surface area contributed by atoms with Crippen LogP contribution >= 0.6 is 0 Å². The van der Waals surface area contributed by atoms with Crippen LogP contribution in [0.2, 0.25) is 18.1 Å². The Morgan fingerprint density at radius 1 is 0.875 bits per heavy atom. The van der Waals surface area contributed by atoms with Crippen molar-refractivity contribution in [2.24, 2.45) is 11.8 Å². The van der Waals surface area contributed by atoms with E-state index in [0.717, 1.165) is 30.2 Å². The molecule has 0 nitrogen and oxygen atoms in total. The van der Waals surface area contributed by atoms with Gasteiger partial charge in [0.15, 0.2) is 11.6 Å². The topological polar surface area (TPSA) is 0 Å². The van der Waals surface area contributed by atoms with E-state index in [0.29, 0.717) is 5.92 Å². The lowest BCUT2D eigenvalue weighted by Crippen LogP contribution is -2.21. The van der Waals surface area contributed by atoms with Crippen molar-refractivity contribution in [3.8, 4) is 0 Å². The van der Waals surface area contributed by atoms with E-state index in [9.17, 15) is 8.78 Å². The summed E-state index contributed by atoms with van der Waals surface area (Å²) in [6, 6.07) is 9.15. The molecule has 3 heteroatoms. The van der Waals surface area contributed by atoms with Crippen LogP contribution in [-0.4, -0.2) is 8.80 Å². The summed E-state index contributed by atoms with van der Waals surface area (Å²) in [6.45, 7) is 2.39. The molecule has 2 aliphatic rings. The lowest BCUT2D eigenvalue weighted by atomic mass is 9.76. The smallest absolute Gasteiger partial charge is 0.159 e. The van der Waals surface area contributed by atoms with Gasteiger partial charge in [-0.05, 0) is 61.1 Å². The zero-order valence-electron chi connectivity index (χ0n) is 15.1. The average molecular weight is 351 g/mol. The van der Waals surface area contributed by atoms with Crippen LogP contribution in [0.25, 0.3) is 0 Å². The fourth-order valence-corrected chi connectivity index (χ4v) is 7.94. The molecule has 0 unspecified atom stereocenters. The van der Waals surface area contributed by atoms with Gasteiger partial charge in [-0.15, -0.1) is 0 Å². The molecule has 1 heterocycles. The van der Waals surface area contributed by atoms with E-state index in [4.69, 9.17) is 0 Å². The quantitative estimate of drug-likeness (QED) is 0.520. The Morgan fingerprint density at radius 3 is 2.08 bits per heavy atom. The minimum Gasteiger partial charge on any atom is -0.204 e. The van der Waals surface area contributed by atoms with E-state index in [-0.39, 0.29) is 8.80 Å². The number of benzene rings is 1. The van der Waals surface area contributed by atoms with Gasteiger partial charge in [0, 0.05) is 8.80 Å². The van der Waals surface area contributed by atoms with Gasteiger partial charge < -0.3 is 0 Å². The van der Waals surface area contributed by atoms with Crippen molar-refractivity contribution < 1.29 is 8.78 Å². The molecule has 1 aromatic rings. The van der Waals surface area contributed by atoms with Crippen LogP contribution in [0.3, 0.4) is 0 Å². The first-order valence-corrected chi connectivity index (χ1v) is 12.6. The molecule has 0 bridgehead atoms. The third kappa shape index (κ3) is 4.68. The Labute approximate surface area is 147 Å². The monoisotopic (exact) mass is 350 g/mol. The number of halogens is 2. The molecule has 1 aliphatic heterocycles. The van der Waals surface area contributed by atoms with Crippen LogP contribution in [0.15, 0.2) is 18.2 Å². The van der Waals surface area contributed by atoms with Gasteiger partial charge in [-0.25, -0.2) is 8.78 Å². The molecule has 0 atom stereocenters. The maximum atomic E-state index is 13.4. The molecule has 0 radical (unpaired) electrons. The van der Waals surface area contributed by atoms with Crippen molar-refractivity contribution in [2.75, 3.05) is 0 Å². The summed E-state index contributed by atoms with van der Waals surface area (Å²) >= 11 is 0. The van der Waals surface area contributed by atoms with Crippen molar-refractivity contribution in [1.82, 2.24) is 0 Å². The molecule has 3 rings (SSSR count). The third-order valence-corrected chi connectivity index (χ3v) is 10.2. The summed E-state index contributed by atoms with van der Waals surface area (Å²) in [5.41, 5.74) is 0.996. The minimum atomic E-state index is -0.728. The van der Waals surface area contributed by atoms with E-state index in [2.05, 4.69) is 6.92 Å². The van der Waals surface area contributed by atoms with Crippen LogP contribution in [-0.2, 0) is 0 Å². The van der Waals surface area contributed by atoms with Gasteiger partial charge >= 0.3 is 0 Å². The molecule has 0 N–H and O–H groups in total. The molecule has 1 aromatic carbocycles. The Bertz CT molecular complexity index is 515. The Morgan fingerprint density at radius 2 is 1.50 bits per heavy atom. The van der Waals surface area contributed by atoms with Crippen LogP contribution in [0.1, 0.15) is 69.8 Å². The zero-order valence-corrected chi connectivity index (χ0v) is 16.2.